The summed E-state index contributed by atoms with van der Waals surface area (Å²) < 4.78 is 0. The fraction of sp³-hybridized carbons (Fsp3) is 0.312. The van der Waals surface area contributed by atoms with Crippen LogP contribution in [0.5, 0.6) is 0 Å². The minimum absolute atomic E-state index is 0.141. The van der Waals surface area contributed by atoms with E-state index in [-0.39, 0.29) is 5.84 Å². The second-order valence-electron chi connectivity index (χ2n) is 5.38. The predicted molar refractivity (Wildman–Crippen MR) is 84.0 cm³/mol. The van der Waals surface area contributed by atoms with Crippen LogP contribution in [0.1, 0.15) is 29.5 Å². The molecule has 0 unspecified atom stereocenters. The second kappa shape index (κ2) is 5.77. The van der Waals surface area contributed by atoms with E-state index in [4.69, 9.17) is 11.1 Å². The topological polar surface area (TPSA) is 53.1 Å². The molecular formula is C16H19N3S. The van der Waals surface area contributed by atoms with Crippen LogP contribution in [0.3, 0.4) is 0 Å². The summed E-state index contributed by atoms with van der Waals surface area (Å²) in [4.78, 5) is 2.53. The van der Waals surface area contributed by atoms with Crippen molar-refractivity contribution in [2.45, 2.75) is 32.0 Å². The first-order valence-electron chi connectivity index (χ1n) is 6.91. The van der Waals surface area contributed by atoms with Gasteiger partial charge in [-0.3, -0.25) is 10.3 Å². The zero-order valence-electron chi connectivity index (χ0n) is 11.4. The first-order chi connectivity index (χ1) is 9.72. The number of nitrogen functional groups attached to an aromatic ring is 1. The molecule has 0 saturated heterocycles. The van der Waals surface area contributed by atoms with Crippen molar-refractivity contribution in [2.75, 3.05) is 0 Å². The Kier molecular flexibility index (Phi) is 3.85. The van der Waals surface area contributed by atoms with Crippen molar-refractivity contribution >= 4 is 17.2 Å². The number of rotatable bonds is 6. The molecule has 1 aromatic heterocycles. The normalized spacial score (nSPS) is 14.7. The molecule has 1 fully saturated rings. The summed E-state index contributed by atoms with van der Waals surface area (Å²) in [6, 6.07) is 11.0. The van der Waals surface area contributed by atoms with Gasteiger partial charge in [0, 0.05) is 24.7 Å². The fourth-order valence-corrected chi connectivity index (χ4v) is 3.10. The fourth-order valence-electron chi connectivity index (χ4n) is 2.44. The number of amidine groups is 1. The Labute approximate surface area is 123 Å². The van der Waals surface area contributed by atoms with Crippen LogP contribution in [-0.4, -0.2) is 16.8 Å². The summed E-state index contributed by atoms with van der Waals surface area (Å²) in [7, 11) is 0. The Morgan fingerprint density at radius 1 is 1.25 bits per heavy atom. The van der Waals surface area contributed by atoms with E-state index in [1.165, 1.54) is 24.0 Å². The standard InChI is InChI=1S/C16H19N3S/c17-16(18)14-3-1-2-12(8-14)9-19(15-4-5-15)10-13-6-7-20-11-13/h1-3,6-8,11,15H,4-5,9-10H2,(H3,17,18). The molecule has 3 N–H and O–H groups in total. The average molecular weight is 285 g/mol. The highest BCUT2D eigenvalue weighted by Crippen LogP contribution is 2.30. The molecule has 0 bridgehead atoms. The van der Waals surface area contributed by atoms with Gasteiger partial charge in [-0.2, -0.15) is 11.3 Å². The van der Waals surface area contributed by atoms with Gasteiger partial charge in [0.2, 0.25) is 0 Å². The van der Waals surface area contributed by atoms with E-state index < -0.39 is 0 Å². The van der Waals surface area contributed by atoms with Gasteiger partial charge in [-0.05, 0) is 46.9 Å². The van der Waals surface area contributed by atoms with Crippen molar-refractivity contribution in [3.63, 3.8) is 0 Å². The quantitative estimate of drug-likeness (QED) is 0.632. The lowest BCUT2D eigenvalue weighted by Gasteiger charge is -2.22. The zero-order chi connectivity index (χ0) is 13.9. The van der Waals surface area contributed by atoms with Crippen LogP contribution in [0.15, 0.2) is 41.1 Å². The number of nitrogens with zero attached hydrogens (tertiary/aromatic N) is 1. The van der Waals surface area contributed by atoms with Gasteiger partial charge in [0.05, 0.1) is 0 Å². The molecule has 1 aliphatic carbocycles. The van der Waals surface area contributed by atoms with E-state index in [1.54, 1.807) is 11.3 Å². The number of thiophene rings is 1. The molecular weight excluding hydrogens is 266 g/mol. The van der Waals surface area contributed by atoms with Gasteiger partial charge in [0.15, 0.2) is 0 Å². The lowest BCUT2D eigenvalue weighted by atomic mass is 10.1. The molecule has 2 aromatic rings. The molecule has 0 aliphatic heterocycles. The maximum absolute atomic E-state index is 7.54. The van der Waals surface area contributed by atoms with Crippen LogP contribution in [0.4, 0.5) is 0 Å². The summed E-state index contributed by atoms with van der Waals surface area (Å²) in [6.07, 6.45) is 2.60. The van der Waals surface area contributed by atoms with E-state index in [0.717, 1.165) is 24.7 Å². The summed E-state index contributed by atoms with van der Waals surface area (Å²) in [5.41, 5.74) is 9.01. The largest absolute Gasteiger partial charge is 0.384 e. The first kappa shape index (κ1) is 13.3. The van der Waals surface area contributed by atoms with Crippen LogP contribution >= 0.6 is 11.3 Å². The Balaban J connectivity index is 1.73. The number of nitrogens with one attached hydrogen (secondary N) is 1. The highest BCUT2D eigenvalue weighted by Gasteiger charge is 2.29. The number of hydrogen-bond acceptors (Lipinski definition) is 3. The van der Waals surface area contributed by atoms with Gasteiger partial charge in [-0.25, -0.2) is 0 Å². The number of hydrogen-bond donors (Lipinski definition) is 2. The second-order valence-corrected chi connectivity index (χ2v) is 6.16. The smallest absolute Gasteiger partial charge is 0.122 e. The van der Waals surface area contributed by atoms with Crippen LogP contribution in [0.2, 0.25) is 0 Å². The average Bonchev–Trinajstić information content (AvgIpc) is 3.17. The number of benzene rings is 1. The van der Waals surface area contributed by atoms with Crippen molar-refractivity contribution in [2.24, 2.45) is 5.73 Å². The summed E-state index contributed by atoms with van der Waals surface area (Å²) >= 11 is 1.76. The van der Waals surface area contributed by atoms with Crippen molar-refractivity contribution in [3.05, 3.63) is 57.8 Å². The monoisotopic (exact) mass is 285 g/mol. The Bertz CT molecular complexity index is 588. The Morgan fingerprint density at radius 3 is 2.70 bits per heavy atom. The molecule has 0 radical (unpaired) electrons. The molecule has 20 heavy (non-hydrogen) atoms. The molecule has 0 amide bonds. The lowest BCUT2D eigenvalue weighted by molar-refractivity contribution is 0.246. The summed E-state index contributed by atoms with van der Waals surface area (Å²) in [5, 5.41) is 11.9. The van der Waals surface area contributed by atoms with Gasteiger partial charge in [-0.15, -0.1) is 0 Å². The van der Waals surface area contributed by atoms with Crippen molar-refractivity contribution in [3.8, 4) is 0 Å². The third-order valence-corrected chi connectivity index (χ3v) is 4.38. The molecule has 104 valence electrons. The van der Waals surface area contributed by atoms with E-state index in [0.29, 0.717) is 0 Å². The predicted octanol–water partition coefficient (Wildman–Crippen LogP) is 3.20. The molecule has 0 atom stereocenters. The highest BCUT2D eigenvalue weighted by atomic mass is 32.1. The van der Waals surface area contributed by atoms with Gasteiger partial charge in [-0.1, -0.05) is 18.2 Å². The van der Waals surface area contributed by atoms with E-state index in [2.05, 4.69) is 27.8 Å². The Hall–Kier alpha value is -1.65. The molecule has 0 spiro atoms. The van der Waals surface area contributed by atoms with E-state index in [1.807, 2.05) is 18.2 Å². The SMILES string of the molecule is N=C(N)c1cccc(CN(Cc2ccsc2)C2CC2)c1. The molecule has 4 heteroatoms. The third-order valence-electron chi connectivity index (χ3n) is 3.65. The minimum atomic E-state index is 0.141. The Morgan fingerprint density at radius 2 is 2.05 bits per heavy atom. The summed E-state index contributed by atoms with van der Waals surface area (Å²) in [5.74, 6) is 0.141. The third kappa shape index (κ3) is 3.26. The maximum Gasteiger partial charge on any atom is 0.122 e. The van der Waals surface area contributed by atoms with Crippen molar-refractivity contribution in [1.29, 1.82) is 5.41 Å². The van der Waals surface area contributed by atoms with E-state index >= 15 is 0 Å². The van der Waals surface area contributed by atoms with Crippen molar-refractivity contribution in [1.82, 2.24) is 4.90 Å². The minimum Gasteiger partial charge on any atom is -0.384 e. The molecule has 3 rings (SSSR count). The van der Waals surface area contributed by atoms with Crippen LogP contribution in [0, 0.1) is 5.41 Å². The lowest BCUT2D eigenvalue weighted by Crippen LogP contribution is -2.25. The summed E-state index contributed by atoms with van der Waals surface area (Å²) in [6.45, 7) is 1.94. The van der Waals surface area contributed by atoms with Gasteiger partial charge >= 0.3 is 0 Å². The van der Waals surface area contributed by atoms with Crippen LogP contribution in [0.25, 0.3) is 0 Å². The van der Waals surface area contributed by atoms with Crippen LogP contribution in [-0.2, 0) is 13.1 Å². The van der Waals surface area contributed by atoms with Gasteiger partial charge in [0.25, 0.3) is 0 Å². The van der Waals surface area contributed by atoms with Gasteiger partial charge in [0.1, 0.15) is 5.84 Å². The van der Waals surface area contributed by atoms with Gasteiger partial charge < -0.3 is 5.73 Å². The maximum atomic E-state index is 7.54. The van der Waals surface area contributed by atoms with Crippen molar-refractivity contribution < 1.29 is 0 Å². The molecule has 1 aromatic carbocycles. The molecule has 1 heterocycles. The molecule has 3 nitrogen and oxygen atoms in total. The number of nitrogens with two attached hydrogens (primary N) is 1. The molecule has 1 saturated carbocycles. The first-order valence-corrected chi connectivity index (χ1v) is 7.85. The zero-order valence-corrected chi connectivity index (χ0v) is 12.2. The highest BCUT2D eigenvalue weighted by molar-refractivity contribution is 7.07. The van der Waals surface area contributed by atoms with Crippen LogP contribution < -0.4 is 5.73 Å². The van der Waals surface area contributed by atoms with E-state index in [9.17, 15) is 0 Å². The molecule has 1 aliphatic rings.